The van der Waals surface area contributed by atoms with Gasteiger partial charge in [-0.05, 0) is 43.2 Å². The number of amides is 2. The molecular weight excluding hydrogens is 378 g/mol. The molecule has 7 nitrogen and oxygen atoms in total. The third-order valence-electron chi connectivity index (χ3n) is 4.71. The average molecular weight is 401 g/mol. The number of nitrogens with one attached hydrogen (secondary N) is 3. The van der Waals surface area contributed by atoms with Gasteiger partial charge in [-0.2, -0.15) is 0 Å². The quantitative estimate of drug-likeness (QED) is 0.670. The molecule has 1 fully saturated rings. The van der Waals surface area contributed by atoms with Gasteiger partial charge in [0.2, 0.25) is 5.91 Å². The Morgan fingerprint density at radius 2 is 1.57 bits per heavy atom. The minimum absolute atomic E-state index is 0.0712. The van der Waals surface area contributed by atoms with Gasteiger partial charge in [0.1, 0.15) is 0 Å². The Morgan fingerprint density at radius 1 is 0.857 bits per heavy atom. The molecule has 1 saturated carbocycles. The van der Waals surface area contributed by atoms with Gasteiger partial charge >= 0.3 is 0 Å². The number of hydrogen-bond acceptors (Lipinski definition) is 4. The van der Waals surface area contributed by atoms with Crippen molar-refractivity contribution in [3.63, 3.8) is 0 Å². The SMILES string of the molecule is O=C(NNC(=O)C1CCCCC1)c1cccc(NS(=O)(=O)c2ccccc2)c1. The number of rotatable bonds is 5. The number of carbonyl (C=O) groups is 2. The molecule has 2 amide bonds. The lowest BCUT2D eigenvalue weighted by Crippen LogP contribution is -2.44. The van der Waals surface area contributed by atoms with Crippen molar-refractivity contribution in [1.82, 2.24) is 10.9 Å². The summed E-state index contributed by atoms with van der Waals surface area (Å²) < 4.78 is 27.3. The van der Waals surface area contributed by atoms with Crippen molar-refractivity contribution in [2.75, 3.05) is 4.72 Å². The van der Waals surface area contributed by atoms with Crippen molar-refractivity contribution in [2.45, 2.75) is 37.0 Å². The van der Waals surface area contributed by atoms with E-state index < -0.39 is 15.9 Å². The van der Waals surface area contributed by atoms with Gasteiger partial charge in [-0.3, -0.25) is 25.2 Å². The molecule has 1 aliphatic rings. The maximum absolute atomic E-state index is 12.4. The zero-order chi connectivity index (χ0) is 20.0. The van der Waals surface area contributed by atoms with E-state index in [0.29, 0.717) is 0 Å². The molecule has 0 aromatic heterocycles. The summed E-state index contributed by atoms with van der Waals surface area (Å²) in [6.45, 7) is 0. The van der Waals surface area contributed by atoms with E-state index in [4.69, 9.17) is 0 Å². The molecule has 2 aromatic carbocycles. The molecule has 1 aliphatic carbocycles. The molecule has 0 spiro atoms. The van der Waals surface area contributed by atoms with E-state index in [9.17, 15) is 18.0 Å². The third kappa shape index (κ3) is 5.10. The fourth-order valence-electron chi connectivity index (χ4n) is 3.20. The summed E-state index contributed by atoms with van der Waals surface area (Å²) in [7, 11) is -3.75. The summed E-state index contributed by atoms with van der Waals surface area (Å²) >= 11 is 0. The number of benzene rings is 2. The number of carbonyl (C=O) groups excluding carboxylic acids is 2. The van der Waals surface area contributed by atoms with Crippen molar-refractivity contribution in [3.8, 4) is 0 Å². The zero-order valence-electron chi connectivity index (χ0n) is 15.4. The highest BCUT2D eigenvalue weighted by atomic mass is 32.2. The van der Waals surface area contributed by atoms with E-state index in [-0.39, 0.29) is 28.0 Å². The minimum atomic E-state index is -3.75. The lowest BCUT2D eigenvalue weighted by atomic mass is 9.89. The van der Waals surface area contributed by atoms with Gasteiger partial charge in [0.05, 0.1) is 4.90 Å². The zero-order valence-corrected chi connectivity index (χ0v) is 16.2. The fourth-order valence-corrected chi connectivity index (χ4v) is 4.27. The molecule has 0 atom stereocenters. The highest BCUT2D eigenvalue weighted by molar-refractivity contribution is 7.92. The Hall–Kier alpha value is -2.87. The fraction of sp³-hybridized carbons (Fsp3) is 0.300. The second-order valence-electron chi connectivity index (χ2n) is 6.78. The monoisotopic (exact) mass is 401 g/mol. The topological polar surface area (TPSA) is 104 Å². The van der Waals surface area contributed by atoms with Crippen LogP contribution >= 0.6 is 0 Å². The first kappa shape index (κ1) is 19.9. The van der Waals surface area contributed by atoms with Crippen LogP contribution in [-0.4, -0.2) is 20.2 Å². The summed E-state index contributed by atoms with van der Waals surface area (Å²) in [5, 5.41) is 0. The van der Waals surface area contributed by atoms with Crippen molar-refractivity contribution in [2.24, 2.45) is 5.92 Å². The summed E-state index contributed by atoms with van der Waals surface area (Å²) in [5.74, 6) is -0.767. The molecule has 0 radical (unpaired) electrons. The maximum atomic E-state index is 12.4. The molecule has 0 saturated heterocycles. The van der Waals surface area contributed by atoms with Crippen LogP contribution in [0.25, 0.3) is 0 Å². The Kier molecular flexibility index (Phi) is 6.30. The molecule has 0 bridgehead atoms. The Morgan fingerprint density at radius 3 is 2.29 bits per heavy atom. The number of anilines is 1. The number of hydrogen-bond donors (Lipinski definition) is 3. The smallest absolute Gasteiger partial charge is 0.269 e. The predicted octanol–water partition coefficient (Wildman–Crippen LogP) is 2.83. The standard InChI is InChI=1S/C20H23N3O4S/c24-19(15-8-3-1-4-9-15)21-22-20(25)16-10-7-11-17(14-16)23-28(26,27)18-12-5-2-6-13-18/h2,5-7,10-15,23H,1,3-4,8-9H2,(H,21,24)(H,22,25). The van der Waals surface area contributed by atoms with Gasteiger partial charge in [0.15, 0.2) is 0 Å². The second-order valence-corrected chi connectivity index (χ2v) is 8.46. The van der Waals surface area contributed by atoms with E-state index in [1.165, 1.54) is 18.2 Å². The highest BCUT2D eigenvalue weighted by Crippen LogP contribution is 2.23. The molecule has 3 rings (SSSR count). The molecule has 0 heterocycles. The van der Waals surface area contributed by atoms with E-state index in [2.05, 4.69) is 15.6 Å². The summed E-state index contributed by atoms with van der Waals surface area (Å²) in [4.78, 5) is 24.6. The van der Waals surface area contributed by atoms with E-state index in [0.717, 1.165) is 32.1 Å². The van der Waals surface area contributed by atoms with Crippen LogP contribution in [0.4, 0.5) is 5.69 Å². The highest BCUT2D eigenvalue weighted by Gasteiger charge is 2.21. The van der Waals surface area contributed by atoms with Crippen LogP contribution in [0.3, 0.4) is 0 Å². The van der Waals surface area contributed by atoms with Crippen molar-refractivity contribution < 1.29 is 18.0 Å². The van der Waals surface area contributed by atoms with E-state index in [1.54, 1.807) is 36.4 Å². The predicted molar refractivity (Wildman–Crippen MR) is 106 cm³/mol. The Bertz CT molecular complexity index is 939. The third-order valence-corrected chi connectivity index (χ3v) is 6.10. The molecule has 148 valence electrons. The van der Waals surface area contributed by atoms with Crippen LogP contribution < -0.4 is 15.6 Å². The van der Waals surface area contributed by atoms with Crippen LogP contribution in [0.1, 0.15) is 42.5 Å². The normalized spacial score (nSPS) is 14.9. The summed E-state index contributed by atoms with van der Waals surface area (Å²) in [6, 6.07) is 14.1. The van der Waals surface area contributed by atoms with Crippen molar-refractivity contribution in [3.05, 3.63) is 60.2 Å². The molecular formula is C20H23N3O4S. The molecule has 2 aromatic rings. The molecule has 8 heteroatoms. The number of sulfonamides is 1. The van der Waals surface area contributed by atoms with Crippen molar-refractivity contribution in [1.29, 1.82) is 0 Å². The van der Waals surface area contributed by atoms with E-state index >= 15 is 0 Å². The first-order valence-electron chi connectivity index (χ1n) is 9.24. The first-order chi connectivity index (χ1) is 13.5. The Labute approximate surface area is 164 Å². The van der Waals surface area contributed by atoms with Gasteiger partial charge < -0.3 is 0 Å². The largest absolute Gasteiger partial charge is 0.280 e. The van der Waals surface area contributed by atoms with Gasteiger partial charge in [-0.15, -0.1) is 0 Å². The van der Waals surface area contributed by atoms with Gasteiger partial charge in [-0.1, -0.05) is 43.5 Å². The van der Waals surface area contributed by atoms with Crippen LogP contribution in [0.15, 0.2) is 59.5 Å². The molecule has 0 unspecified atom stereocenters. The van der Waals surface area contributed by atoms with Crippen LogP contribution in [0.2, 0.25) is 0 Å². The lowest BCUT2D eigenvalue weighted by molar-refractivity contribution is -0.126. The van der Waals surface area contributed by atoms with Gasteiger partial charge in [0, 0.05) is 17.2 Å². The van der Waals surface area contributed by atoms with Gasteiger partial charge in [0.25, 0.3) is 15.9 Å². The van der Waals surface area contributed by atoms with E-state index in [1.807, 2.05) is 0 Å². The van der Waals surface area contributed by atoms with Crippen LogP contribution in [-0.2, 0) is 14.8 Å². The molecule has 3 N–H and O–H groups in total. The second kappa shape index (κ2) is 8.88. The number of hydrazine groups is 1. The summed E-state index contributed by atoms with van der Waals surface area (Å²) in [5.41, 5.74) is 5.36. The minimum Gasteiger partial charge on any atom is -0.280 e. The molecule has 0 aliphatic heterocycles. The molecule has 28 heavy (non-hydrogen) atoms. The Balaban J connectivity index is 1.62. The van der Waals surface area contributed by atoms with Crippen LogP contribution in [0.5, 0.6) is 0 Å². The van der Waals surface area contributed by atoms with Gasteiger partial charge in [-0.25, -0.2) is 8.42 Å². The van der Waals surface area contributed by atoms with Crippen LogP contribution in [0, 0.1) is 5.92 Å². The lowest BCUT2D eigenvalue weighted by Gasteiger charge is -2.20. The first-order valence-corrected chi connectivity index (χ1v) is 10.7. The van der Waals surface area contributed by atoms with Crippen molar-refractivity contribution >= 4 is 27.5 Å². The maximum Gasteiger partial charge on any atom is 0.269 e. The average Bonchev–Trinajstić information content (AvgIpc) is 2.73. The summed E-state index contributed by atoms with van der Waals surface area (Å²) in [6.07, 6.45) is 4.85.